The van der Waals surface area contributed by atoms with Gasteiger partial charge >= 0.3 is 6.18 Å². The molecule has 0 amide bonds. The Balaban J connectivity index is 1.57. The Kier molecular flexibility index (Phi) is 5.76. The molecule has 7 nitrogen and oxygen atoms in total. The number of anilines is 1. The molecule has 0 aliphatic carbocycles. The van der Waals surface area contributed by atoms with Crippen molar-refractivity contribution in [3.8, 4) is 10.6 Å². The molecule has 0 fully saturated rings. The molecule has 4 aromatic rings. The van der Waals surface area contributed by atoms with E-state index in [-0.39, 0.29) is 5.56 Å². The molecular weight excluding hydrogens is 441 g/mol. The second kappa shape index (κ2) is 8.38. The Morgan fingerprint density at radius 2 is 1.91 bits per heavy atom. The number of nitrogens with one attached hydrogen (secondary N) is 1. The van der Waals surface area contributed by atoms with E-state index in [4.69, 9.17) is 0 Å². The van der Waals surface area contributed by atoms with Crippen LogP contribution in [0.2, 0.25) is 0 Å². The fourth-order valence-corrected chi connectivity index (χ4v) is 4.27. The highest BCUT2D eigenvalue weighted by Crippen LogP contribution is 2.32. The lowest BCUT2D eigenvalue weighted by Gasteiger charge is -2.16. The maximum absolute atomic E-state index is 12.8. The fourth-order valence-electron chi connectivity index (χ4n) is 3.45. The number of hydrogen-bond acceptors (Lipinski definition) is 6. The van der Waals surface area contributed by atoms with Crippen molar-refractivity contribution in [1.82, 2.24) is 24.7 Å². The Labute approximate surface area is 185 Å². The zero-order valence-electron chi connectivity index (χ0n) is 17.7. The summed E-state index contributed by atoms with van der Waals surface area (Å²) in [6.45, 7) is 2.41. The number of halogens is 3. The molecular formula is C21H21F3N6OS. The van der Waals surface area contributed by atoms with Gasteiger partial charge in [-0.15, -0.1) is 11.3 Å². The van der Waals surface area contributed by atoms with Gasteiger partial charge < -0.3 is 4.90 Å². The van der Waals surface area contributed by atoms with E-state index in [2.05, 4.69) is 20.1 Å². The fraction of sp³-hybridized carbons (Fsp3) is 0.333. The number of alkyl halides is 3. The third-order valence-electron chi connectivity index (χ3n) is 5.01. The van der Waals surface area contributed by atoms with E-state index in [0.717, 1.165) is 36.4 Å². The maximum Gasteiger partial charge on any atom is 0.416 e. The molecule has 3 aromatic heterocycles. The van der Waals surface area contributed by atoms with E-state index in [9.17, 15) is 18.0 Å². The van der Waals surface area contributed by atoms with E-state index < -0.39 is 11.7 Å². The van der Waals surface area contributed by atoms with Crippen molar-refractivity contribution in [3.63, 3.8) is 0 Å². The second-order valence-electron chi connectivity index (χ2n) is 7.48. The molecule has 4 rings (SSSR count). The molecule has 0 bridgehead atoms. The van der Waals surface area contributed by atoms with Crippen molar-refractivity contribution < 1.29 is 13.2 Å². The van der Waals surface area contributed by atoms with Gasteiger partial charge in [-0.05, 0) is 18.6 Å². The summed E-state index contributed by atoms with van der Waals surface area (Å²) in [6.07, 6.45) is -2.76. The number of fused-ring (bicyclic) bond motifs is 1. The molecule has 0 saturated heterocycles. The molecule has 11 heteroatoms. The topological polar surface area (TPSA) is 79.7 Å². The van der Waals surface area contributed by atoms with Crippen molar-refractivity contribution in [3.05, 3.63) is 57.0 Å². The SMILES string of the molecule is CCCc1nn(C)c2c(=O)[nH]c(N(C)Cc3csc(-c4ccc(C(F)(F)F)cc4)n3)nc12. The molecule has 1 aromatic carbocycles. The first-order valence-electron chi connectivity index (χ1n) is 9.96. The zero-order valence-corrected chi connectivity index (χ0v) is 18.5. The van der Waals surface area contributed by atoms with Crippen LogP contribution in [0.1, 0.15) is 30.3 Å². The summed E-state index contributed by atoms with van der Waals surface area (Å²) in [5.74, 6) is 0.400. The van der Waals surface area contributed by atoms with Crippen LogP contribution in [0.5, 0.6) is 0 Å². The van der Waals surface area contributed by atoms with E-state index in [0.29, 0.717) is 34.1 Å². The number of aryl methyl sites for hydroxylation is 2. The highest BCUT2D eigenvalue weighted by Gasteiger charge is 2.30. The molecule has 0 unspecified atom stereocenters. The Morgan fingerprint density at radius 1 is 1.19 bits per heavy atom. The standard InChI is InChI=1S/C21H21F3N6OS/c1-4-5-15-16-17(30(3)28-15)18(31)27-20(26-16)29(2)10-14-11-32-19(25-14)12-6-8-13(9-7-12)21(22,23)24/h6-9,11H,4-5,10H2,1-3H3,(H,26,27,31). The predicted molar refractivity (Wildman–Crippen MR) is 118 cm³/mol. The summed E-state index contributed by atoms with van der Waals surface area (Å²) in [5, 5.41) is 6.88. The monoisotopic (exact) mass is 462 g/mol. The number of rotatable bonds is 6. The molecule has 0 aliphatic heterocycles. The third kappa shape index (κ3) is 4.24. The number of aromatic amines is 1. The first-order valence-corrected chi connectivity index (χ1v) is 10.8. The minimum absolute atomic E-state index is 0.266. The molecule has 0 radical (unpaired) electrons. The summed E-state index contributed by atoms with van der Waals surface area (Å²) in [7, 11) is 3.51. The molecule has 0 aliphatic rings. The van der Waals surface area contributed by atoms with Gasteiger partial charge in [-0.3, -0.25) is 14.5 Å². The normalized spacial score (nSPS) is 11.9. The Hall–Kier alpha value is -3.21. The number of thiazole rings is 1. The number of hydrogen-bond donors (Lipinski definition) is 1. The molecule has 0 spiro atoms. The average Bonchev–Trinajstić information content (AvgIpc) is 3.32. The van der Waals surface area contributed by atoms with Crippen molar-refractivity contribution in [2.75, 3.05) is 11.9 Å². The summed E-state index contributed by atoms with van der Waals surface area (Å²) in [5.41, 5.74) is 2.18. The van der Waals surface area contributed by atoms with Crippen molar-refractivity contribution >= 4 is 28.3 Å². The van der Waals surface area contributed by atoms with E-state index in [1.54, 1.807) is 23.7 Å². The lowest BCUT2D eigenvalue weighted by atomic mass is 10.1. The largest absolute Gasteiger partial charge is 0.416 e. The first kappa shape index (κ1) is 22.0. The van der Waals surface area contributed by atoms with Gasteiger partial charge in [0.25, 0.3) is 5.56 Å². The molecule has 1 N–H and O–H groups in total. The van der Waals surface area contributed by atoms with Gasteiger partial charge in [-0.2, -0.15) is 18.3 Å². The second-order valence-corrected chi connectivity index (χ2v) is 8.34. The van der Waals surface area contributed by atoms with Gasteiger partial charge in [0.1, 0.15) is 10.5 Å². The molecule has 0 atom stereocenters. The van der Waals surface area contributed by atoms with Crippen LogP contribution in [0.15, 0.2) is 34.4 Å². The van der Waals surface area contributed by atoms with Crippen LogP contribution < -0.4 is 10.5 Å². The number of nitrogens with zero attached hydrogens (tertiary/aromatic N) is 5. The van der Waals surface area contributed by atoms with Gasteiger partial charge in [0.15, 0.2) is 5.52 Å². The minimum Gasteiger partial charge on any atom is -0.339 e. The van der Waals surface area contributed by atoms with Crippen molar-refractivity contribution in [2.45, 2.75) is 32.5 Å². The lowest BCUT2D eigenvalue weighted by Crippen LogP contribution is -2.23. The van der Waals surface area contributed by atoms with Crippen LogP contribution >= 0.6 is 11.3 Å². The van der Waals surface area contributed by atoms with Gasteiger partial charge in [-0.1, -0.05) is 25.5 Å². The van der Waals surface area contributed by atoms with E-state index >= 15 is 0 Å². The first-order chi connectivity index (χ1) is 15.2. The summed E-state index contributed by atoms with van der Waals surface area (Å²) >= 11 is 1.35. The van der Waals surface area contributed by atoms with Crippen molar-refractivity contribution in [1.29, 1.82) is 0 Å². The highest BCUT2D eigenvalue weighted by atomic mass is 32.1. The average molecular weight is 463 g/mol. The van der Waals surface area contributed by atoms with E-state index in [1.807, 2.05) is 12.3 Å². The summed E-state index contributed by atoms with van der Waals surface area (Å²) < 4.78 is 39.9. The highest BCUT2D eigenvalue weighted by molar-refractivity contribution is 7.13. The van der Waals surface area contributed by atoms with Crippen LogP contribution in [0.25, 0.3) is 21.6 Å². The van der Waals surface area contributed by atoms with Gasteiger partial charge in [-0.25, -0.2) is 9.97 Å². The van der Waals surface area contributed by atoms with Crippen molar-refractivity contribution in [2.24, 2.45) is 7.05 Å². The molecule has 3 heterocycles. The minimum atomic E-state index is -4.37. The van der Waals surface area contributed by atoms with Crippen LogP contribution in [-0.2, 0) is 26.2 Å². The number of aromatic nitrogens is 5. The maximum atomic E-state index is 12.8. The number of benzene rings is 1. The lowest BCUT2D eigenvalue weighted by molar-refractivity contribution is -0.137. The third-order valence-corrected chi connectivity index (χ3v) is 5.95. The van der Waals surface area contributed by atoms with Gasteiger partial charge in [0.05, 0.1) is 23.5 Å². The van der Waals surface area contributed by atoms with Crippen LogP contribution in [0, 0.1) is 0 Å². The van der Waals surface area contributed by atoms with Crippen LogP contribution in [0.4, 0.5) is 19.1 Å². The molecule has 32 heavy (non-hydrogen) atoms. The Morgan fingerprint density at radius 3 is 2.56 bits per heavy atom. The van der Waals surface area contributed by atoms with Gasteiger partial charge in [0.2, 0.25) is 5.95 Å². The molecule has 0 saturated carbocycles. The summed E-state index contributed by atoms with van der Waals surface area (Å²) in [4.78, 5) is 26.3. The van der Waals surface area contributed by atoms with Gasteiger partial charge in [0, 0.05) is 25.0 Å². The smallest absolute Gasteiger partial charge is 0.339 e. The van der Waals surface area contributed by atoms with Crippen LogP contribution in [-0.4, -0.2) is 31.8 Å². The molecule has 168 valence electrons. The summed E-state index contributed by atoms with van der Waals surface area (Å²) in [6, 6.07) is 4.93. The quantitative estimate of drug-likeness (QED) is 0.460. The van der Waals surface area contributed by atoms with E-state index in [1.165, 1.54) is 23.5 Å². The van der Waals surface area contributed by atoms with Crippen LogP contribution in [0.3, 0.4) is 0 Å². The predicted octanol–water partition coefficient (Wildman–Crippen LogP) is 4.39. The zero-order chi connectivity index (χ0) is 23.0. The Bertz CT molecular complexity index is 1310. The number of H-pyrrole nitrogens is 1.